The Morgan fingerprint density at radius 1 is 0.953 bits per heavy atom. The Morgan fingerprint density at radius 2 is 1.65 bits per heavy atom. The molecule has 43 heavy (non-hydrogen) atoms. The molecule has 0 unspecified atom stereocenters. The van der Waals surface area contributed by atoms with E-state index in [1.54, 1.807) is 29.2 Å². The van der Waals surface area contributed by atoms with Gasteiger partial charge in [0.2, 0.25) is 0 Å². The lowest BCUT2D eigenvalue weighted by Gasteiger charge is -2.44. The van der Waals surface area contributed by atoms with Crippen LogP contribution in [0.1, 0.15) is 35.3 Å². The maximum atomic E-state index is 14.5. The van der Waals surface area contributed by atoms with E-state index in [2.05, 4.69) is 16.7 Å². The Labute approximate surface area is 242 Å². The van der Waals surface area contributed by atoms with Crippen molar-refractivity contribution in [2.75, 3.05) is 18.0 Å². The van der Waals surface area contributed by atoms with Crippen LogP contribution in [0, 0.1) is 11.6 Å². The minimum Gasteiger partial charge on any atom is -0.337 e. The summed E-state index contributed by atoms with van der Waals surface area (Å²) in [4.78, 5) is 34.4. The van der Waals surface area contributed by atoms with Gasteiger partial charge in [-0.25, -0.2) is 13.5 Å². The van der Waals surface area contributed by atoms with Crippen LogP contribution in [0.4, 0.5) is 27.6 Å². The maximum absolute atomic E-state index is 14.5. The van der Waals surface area contributed by atoms with Gasteiger partial charge in [0.05, 0.1) is 16.9 Å². The molecule has 0 aliphatic carbocycles. The number of aromatic nitrogens is 3. The standard InChI is InChI=1S/C31H24F5N5O2/c1-19-15-28(42)30(40(19)22-6-4-21(32)5-7-22)10-13-39(14-11-30)29(43)26-17-27(20-3-2-12-37-18-20)41(38-26)23-8-9-24(25(33)16-23)31(34,35)36/h2-9,12,16-18H,1,10-11,13-15H2. The number of rotatable bonds is 4. The van der Waals surface area contributed by atoms with Gasteiger partial charge in [0.25, 0.3) is 5.91 Å². The maximum Gasteiger partial charge on any atom is 0.419 e. The van der Waals surface area contributed by atoms with Crippen LogP contribution in [0.25, 0.3) is 16.9 Å². The van der Waals surface area contributed by atoms with E-state index in [0.717, 1.165) is 12.1 Å². The van der Waals surface area contributed by atoms with Crippen LogP contribution in [0.5, 0.6) is 0 Å². The number of anilines is 1. The second kappa shape index (κ2) is 10.4. The highest BCUT2D eigenvalue weighted by molar-refractivity contribution is 6.00. The van der Waals surface area contributed by atoms with E-state index < -0.39 is 34.8 Å². The first-order chi connectivity index (χ1) is 20.5. The van der Waals surface area contributed by atoms with Crippen molar-refractivity contribution in [3.63, 3.8) is 0 Å². The quantitative estimate of drug-likeness (QED) is 0.264. The van der Waals surface area contributed by atoms with Gasteiger partial charge in [0.15, 0.2) is 11.5 Å². The van der Waals surface area contributed by atoms with Gasteiger partial charge >= 0.3 is 6.18 Å². The zero-order chi connectivity index (χ0) is 30.5. The molecular weight excluding hydrogens is 569 g/mol. The minimum absolute atomic E-state index is 0.00680. The van der Waals surface area contributed by atoms with Gasteiger partial charge in [-0.2, -0.15) is 18.3 Å². The van der Waals surface area contributed by atoms with E-state index in [9.17, 15) is 31.5 Å². The lowest BCUT2D eigenvalue weighted by molar-refractivity contribution is -0.140. The number of ketones is 1. The Hall–Kier alpha value is -4.87. The number of piperidine rings is 1. The molecule has 2 aromatic carbocycles. The zero-order valence-electron chi connectivity index (χ0n) is 22.6. The van der Waals surface area contributed by atoms with Crippen LogP contribution in [-0.2, 0) is 11.0 Å². The molecule has 0 N–H and O–H groups in total. The van der Waals surface area contributed by atoms with Crippen molar-refractivity contribution in [1.82, 2.24) is 19.7 Å². The van der Waals surface area contributed by atoms with Crippen molar-refractivity contribution >= 4 is 17.4 Å². The van der Waals surface area contributed by atoms with Crippen molar-refractivity contribution in [1.29, 1.82) is 0 Å². The number of alkyl halides is 3. The van der Waals surface area contributed by atoms with Crippen LogP contribution >= 0.6 is 0 Å². The Balaban J connectivity index is 1.30. The highest BCUT2D eigenvalue weighted by atomic mass is 19.4. The zero-order valence-corrected chi connectivity index (χ0v) is 22.6. The van der Waals surface area contributed by atoms with E-state index >= 15 is 0 Å². The number of halogens is 5. The number of carbonyl (C=O) groups excluding carboxylic acids is 2. The molecule has 2 aliphatic heterocycles. The van der Waals surface area contributed by atoms with Gasteiger partial charge in [-0.05, 0) is 67.4 Å². The molecule has 1 amide bonds. The third-order valence-corrected chi connectivity index (χ3v) is 7.98. The van der Waals surface area contributed by atoms with Gasteiger partial charge in [-0.15, -0.1) is 0 Å². The van der Waals surface area contributed by atoms with Crippen LogP contribution < -0.4 is 4.90 Å². The summed E-state index contributed by atoms with van der Waals surface area (Å²) in [5, 5.41) is 4.37. The third-order valence-electron chi connectivity index (χ3n) is 7.98. The fourth-order valence-electron chi connectivity index (χ4n) is 5.89. The first-order valence-electron chi connectivity index (χ1n) is 13.4. The summed E-state index contributed by atoms with van der Waals surface area (Å²) in [6, 6.07) is 13.1. The van der Waals surface area contributed by atoms with Crippen LogP contribution in [0.2, 0.25) is 0 Å². The molecule has 6 rings (SSSR count). The molecule has 4 aromatic rings. The average Bonchev–Trinajstić information content (AvgIpc) is 3.53. The summed E-state index contributed by atoms with van der Waals surface area (Å²) in [5.41, 5.74) is -0.280. The molecule has 2 aromatic heterocycles. The molecule has 0 saturated carbocycles. The minimum atomic E-state index is -4.87. The third kappa shape index (κ3) is 4.96. The van der Waals surface area contributed by atoms with Crippen molar-refractivity contribution in [3.05, 3.63) is 108 Å². The van der Waals surface area contributed by atoms with E-state index in [1.807, 2.05) is 4.90 Å². The van der Waals surface area contributed by atoms with E-state index in [0.29, 0.717) is 41.5 Å². The van der Waals surface area contributed by atoms with E-state index in [1.165, 1.54) is 35.3 Å². The van der Waals surface area contributed by atoms with E-state index in [-0.39, 0.29) is 36.7 Å². The van der Waals surface area contributed by atoms with Crippen LogP contribution in [0.3, 0.4) is 0 Å². The molecule has 12 heteroatoms. The SMILES string of the molecule is C=C1CC(=O)C2(CCN(C(=O)c3cc(-c4cccnc4)n(-c4ccc(C(F)(F)F)c(F)c4)n3)CC2)N1c1ccc(F)cc1. The first-order valence-corrected chi connectivity index (χ1v) is 13.4. The van der Waals surface area contributed by atoms with Gasteiger partial charge in [-0.1, -0.05) is 6.58 Å². The fourth-order valence-corrected chi connectivity index (χ4v) is 5.89. The van der Waals surface area contributed by atoms with Gasteiger partial charge < -0.3 is 9.80 Å². The normalized spacial score (nSPS) is 16.8. The van der Waals surface area contributed by atoms with Gasteiger partial charge in [0.1, 0.15) is 17.2 Å². The van der Waals surface area contributed by atoms with E-state index in [4.69, 9.17) is 0 Å². The number of nitrogens with zero attached hydrogens (tertiary/aromatic N) is 5. The van der Waals surface area contributed by atoms with Crippen molar-refractivity contribution in [3.8, 4) is 16.9 Å². The molecule has 4 heterocycles. The number of allylic oxidation sites excluding steroid dienone is 1. The number of carbonyl (C=O) groups is 2. The smallest absolute Gasteiger partial charge is 0.337 e. The van der Waals surface area contributed by atoms with Crippen molar-refractivity contribution in [2.45, 2.75) is 31.0 Å². The summed E-state index contributed by atoms with van der Waals surface area (Å²) < 4.78 is 68.8. The first kappa shape index (κ1) is 28.3. The molecule has 2 aliphatic rings. The molecule has 1 spiro atoms. The van der Waals surface area contributed by atoms with Crippen molar-refractivity contribution in [2.24, 2.45) is 0 Å². The predicted molar refractivity (Wildman–Crippen MR) is 147 cm³/mol. The monoisotopic (exact) mass is 593 g/mol. The fraction of sp³-hybridized carbons (Fsp3) is 0.226. The van der Waals surface area contributed by atoms with Crippen molar-refractivity contribution < 1.29 is 31.5 Å². The number of amides is 1. The van der Waals surface area contributed by atoms with Gasteiger partial charge in [0, 0.05) is 54.9 Å². The predicted octanol–water partition coefficient (Wildman–Crippen LogP) is 6.20. The van der Waals surface area contributed by atoms with Crippen LogP contribution in [-0.4, -0.2) is 50.0 Å². The summed E-state index contributed by atoms with van der Waals surface area (Å²) in [7, 11) is 0. The molecule has 0 bridgehead atoms. The second-order valence-corrected chi connectivity index (χ2v) is 10.5. The molecule has 2 saturated heterocycles. The lowest BCUT2D eigenvalue weighted by atomic mass is 9.83. The Kier molecular flexibility index (Phi) is 6.86. The largest absolute Gasteiger partial charge is 0.419 e. The number of pyridine rings is 1. The molecule has 0 atom stereocenters. The topological polar surface area (TPSA) is 71.3 Å². The summed E-state index contributed by atoms with van der Waals surface area (Å²) >= 11 is 0. The molecule has 220 valence electrons. The Bertz CT molecular complexity index is 1730. The number of Topliss-reactive ketones (excluding diaryl/α,β-unsaturated/α-hetero) is 1. The average molecular weight is 594 g/mol. The number of hydrogen-bond acceptors (Lipinski definition) is 5. The second-order valence-electron chi connectivity index (χ2n) is 10.5. The molecule has 7 nitrogen and oxygen atoms in total. The lowest BCUT2D eigenvalue weighted by Crippen LogP contribution is -2.56. The Morgan fingerprint density at radius 3 is 2.28 bits per heavy atom. The number of benzene rings is 2. The summed E-state index contributed by atoms with van der Waals surface area (Å²) in [5.74, 6) is -2.36. The van der Waals surface area contributed by atoms with Gasteiger partial charge in [-0.3, -0.25) is 14.6 Å². The summed E-state index contributed by atoms with van der Waals surface area (Å²) in [6.45, 7) is 4.47. The highest BCUT2D eigenvalue weighted by Gasteiger charge is 2.52. The number of hydrogen-bond donors (Lipinski definition) is 0. The molecule has 2 fully saturated rings. The highest BCUT2D eigenvalue weighted by Crippen LogP contribution is 2.44. The van der Waals surface area contributed by atoms with Crippen LogP contribution in [0.15, 0.2) is 85.3 Å². The summed E-state index contributed by atoms with van der Waals surface area (Å²) in [6.07, 6.45) is -1.09. The number of likely N-dealkylation sites (tertiary alicyclic amines) is 1. The molecule has 0 radical (unpaired) electrons. The molecular formula is C31H24F5N5O2.